The van der Waals surface area contributed by atoms with Crippen molar-refractivity contribution in [3.8, 4) is 0 Å². The highest BCUT2D eigenvalue weighted by molar-refractivity contribution is 5.87. The monoisotopic (exact) mass is 247 g/mol. The molecule has 3 rings (SSSR count). The van der Waals surface area contributed by atoms with Gasteiger partial charge in [-0.1, -0.05) is 11.6 Å². The van der Waals surface area contributed by atoms with Gasteiger partial charge in [0.1, 0.15) is 17.5 Å². The van der Waals surface area contributed by atoms with Crippen LogP contribution in [0.3, 0.4) is 0 Å². The van der Waals surface area contributed by atoms with Crippen LogP contribution in [0.2, 0.25) is 0 Å². The Morgan fingerprint density at radius 1 is 1.44 bits per heavy atom. The van der Waals surface area contributed by atoms with E-state index in [1.165, 1.54) is 19.2 Å². The van der Waals surface area contributed by atoms with E-state index in [0.717, 1.165) is 23.3 Å². The van der Waals surface area contributed by atoms with Crippen molar-refractivity contribution >= 4 is 16.9 Å². The molecule has 0 aromatic carbocycles. The van der Waals surface area contributed by atoms with Gasteiger partial charge in [0.25, 0.3) is 5.71 Å². The van der Waals surface area contributed by atoms with Gasteiger partial charge in [-0.2, -0.15) is 4.98 Å². The van der Waals surface area contributed by atoms with Crippen molar-refractivity contribution in [1.82, 2.24) is 15.1 Å². The van der Waals surface area contributed by atoms with E-state index < -0.39 is 0 Å². The van der Waals surface area contributed by atoms with Crippen LogP contribution < -0.4 is 11.1 Å². The molecular formula is C12H17N5O. The molecule has 0 aliphatic heterocycles. The number of anilines is 1. The highest BCUT2D eigenvalue weighted by atomic mass is 16.5. The fraction of sp³-hybridized carbons (Fsp3) is 0.583. The molecule has 2 atom stereocenters. The standard InChI is InChI=1S/C12H17N5O/c1-7-10-11(14-6-15-12(10)18-17-7)16-9-4-2-3-8(9)5-13/h6,8-9H,2-5,13H2,1H3,(H,14,15,16). The highest BCUT2D eigenvalue weighted by Gasteiger charge is 2.27. The minimum Gasteiger partial charge on any atom is -0.366 e. The third-order valence-corrected chi connectivity index (χ3v) is 3.73. The normalized spacial score (nSPS) is 23.7. The molecule has 6 heteroatoms. The minimum atomic E-state index is 0.391. The van der Waals surface area contributed by atoms with Gasteiger partial charge in [0, 0.05) is 6.04 Å². The number of hydrogen-bond donors (Lipinski definition) is 2. The van der Waals surface area contributed by atoms with Gasteiger partial charge < -0.3 is 15.6 Å². The number of rotatable bonds is 3. The molecule has 0 bridgehead atoms. The smallest absolute Gasteiger partial charge is 0.263 e. The molecule has 96 valence electrons. The van der Waals surface area contributed by atoms with Crippen molar-refractivity contribution < 1.29 is 4.52 Å². The molecule has 1 saturated carbocycles. The van der Waals surface area contributed by atoms with E-state index in [9.17, 15) is 0 Å². The zero-order valence-electron chi connectivity index (χ0n) is 10.4. The fourth-order valence-electron chi connectivity index (χ4n) is 2.72. The summed E-state index contributed by atoms with van der Waals surface area (Å²) in [4.78, 5) is 8.38. The average Bonchev–Trinajstić information content (AvgIpc) is 2.97. The maximum Gasteiger partial charge on any atom is 0.263 e. The van der Waals surface area contributed by atoms with Crippen LogP contribution in [0.1, 0.15) is 25.0 Å². The molecule has 6 nitrogen and oxygen atoms in total. The molecule has 3 N–H and O–H groups in total. The zero-order chi connectivity index (χ0) is 12.5. The Morgan fingerprint density at radius 3 is 3.17 bits per heavy atom. The van der Waals surface area contributed by atoms with Gasteiger partial charge >= 0.3 is 0 Å². The fourth-order valence-corrected chi connectivity index (χ4v) is 2.72. The number of nitrogens with zero attached hydrogens (tertiary/aromatic N) is 3. The number of aromatic nitrogens is 3. The third-order valence-electron chi connectivity index (χ3n) is 3.73. The first-order valence-electron chi connectivity index (χ1n) is 6.33. The minimum absolute atomic E-state index is 0.391. The summed E-state index contributed by atoms with van der Waals surface area (Å²) in [6.07, 6.45) is 5.04. The van der Waals surface area contributed by atoms with Crippen LogP contribution in [0, 0.1) is 12.8 Å². The Morgan fingerprint density at radius 2 is 2.33 bits per heavy atom. The van der Waals surface area contributed by atoms with Crippen molar-refractivity contribution in [3.63, 3.8) is 0 Å². The summed E-state index contributed by atoms with van der Waals surface area (Å²) in [6.45, 7) is 2.62. The molecule has 1 fully saturated rings. The summed E-state index contributed by atoms with van der Waals surface area (Å²) in [7, 11) is 0. The molecular weight excluding hydrogens is 230 g/mol. The van der Waals surface area contributed by atoms with E-state index >= 15 is 0 Å². The van der Waals surface area contributed by atoms with E-state index in [-0.39, 0.29) is 0 Å². The number of nitrogens with two attached hydrogens (primary N) is 1. The van der Waals surface area contributed by atoms with Crippen LogP contribution in [0.4, 0.5) is 5.82 Å². The Balaban J connectivity index is 1.92. The molecule has 0 saturated heterocycles. The van der Waals surface area contributed by atoms with Crippen LogP contribution in [0.5, 0.6) is 0 Å². The maximum atomic E-state index is 5.80. The Labute approximate surface area is 105 Å². The molecule has 0 spiro atoms. The maximum absolute atomic E-state index is 5.80. The van der Waals surface area contributed by atoms with E-state index in [2.05, 4.69) is 20.4 Å². The van der Waals surface area contributed by atoms with Crippen molar-refractivity contribution in [2.75, 3.05) is 11.9 Å². The van der Waals surface area contributed by atoms with Gasteiger partial charge in [0.05, 0.1) is 5.69 Å². The quantitative estimate of drug-likeness (QED) is 0.853. The molecule has 2 unspecified atom stereocenters. The van der Waals surface area contributed by atoms with Crippen molar-refractivity contribution in [2.45, 2.75) is 32.2 Å². The lowest BCUT2D eigenvalue weighted by atomic mass is 10.0. The predicted octanol–water partition coefficient (Wildman–Crippen LogP) is 1.47. The van der Waals surface area contributed by atoms with Crippen molar-refractivity contribution in [2.24, 2.45) is 11.7 Å². The average molecular weight is 247 g/mol. The van der Waals surface area contributed by atoms with E-state index in [4.69, 9.17) is 10.3 Å². The topological polar surface area (TPSA) is 89.9 Å². The number of fused-ring (bicyclic) bond motifs is 1. The lowest BCUT2D eigenvalue weighted by Gasteiger charge is -2.20. The van der Waals surface area contributed by atoms with Gasteiger partial charge in [0.15, 0.2) is 0 Å². The Hall–Kier alpha value is -1.69. The second-order valence-corrected chi connectivity index (χ2v) is 4.85. The zero-order valence-corrected chi connectivity index (χ0v) is 10.4. The van der Waals surface area contributed by atoms with Gasteiger partial charge in [0.2, 0.25) is 0 Å². The van der Waals surface area contributed by atoms with Crippen LogP contribution >= 0.6 is 0 Å². The summed E-state index contributed by atoms with van der Waals surface area (Å²) < 4.78 is 5.14. The van der Waals surface area contributed by atoms with Crippen LogP contribution in [-0.4, -0.2) is 27.7 Å². The van der Waals surface area contributed by atoms with Gasteiger partial charge in [-0.15, -0.1) is 0 Å². The van der Waals surface area contributed by atoms with Gasteiger partial charge in [-0.05, 0) is 32.2 Å². The summed E-state index contributed by atoms with van der Waals surface area (Å²) in [5.74, 6) is 1.33. The van der Waals surface area contributed by atoms with E-state index in [0.29, 0.717) is 24.2 Å². The van der Waals surface area contributed by atoms with Gasteiger partial charge in [-0.25, -0.2) is 4.98 Å². The largest absolute Gasteiger partial charge is 0.366 e. The molecule has 2 heterocycles. The molecule has 1 aliphatic carbocycles. The van der Waals surface area contributed by atoms with E-state index in [1.807, 2.05) is 6.92 Å². The second-order valence-electron chi connectivity index (χ2n) is 4.85. The van der Waals surface area contributed by atoms with Crippen LogP contribution in [0.25, 0.3) is 11.1 Å². The molecule has 1 aliphatic rings. The highest BCUT2D eigenvalue weighted by Crippen LogP contribution is 2.30. The predicted molar refractivity (Wildman–Crippen MR) is 68.1 cm³/mol. The lowest BCUT2D eigenvalue weighted by Crippen LogP contribution is -2.29. The first-order chi connectivity index (χ1) is 8.79. The first kappa shape index (κ1) is 11.4. The van der Waals surface area contributed by atoms with Crippen molar-refractivity contribution in [1.29, 1.82) is 0 Å². The Bertz CT molecular complexity index is 552. The van der Waals surface area contributed by atoms with Gasteiger partial charge in [-0.3, -0.25) is 0 Å². The molecule has 2 aromatic rings. The SMILES string of the molecule is Cc1noc2ncnc(NC3CCCC3CN)c12. The number of nitrogens with one attached hydrogen (secondary N) is 1. The Kier molecular flexibility index (Phi) is 2.87. The summed E-state index contributed by atoms with van der Waals surface area (Å²) in [5, 5.41) is 8.28. The third kappa shape index (κ3) is 1.82. The van der Waals surface area contributed by atoms with E-state index in [1.54, 1.807) is 0 Å². The molecule has 2 aromatic heterocycles. The van der Waals surface area contributed by atoms with Crippen molar-refractivity contribution in [3.05, 3.63) is 12.0 Å². The number of hydrogen-bond acceptors (Lipinski definition) is 6. The van der Waals surface area contributed by atoms with Crippen LogP contribution in [-0.2, 0) is 0 Å². The molecule has 0 amide bonds. The molecule has 0 radical (unpaired) electrons. The summed E-state index contributed by atoms with van der Waals surface area (Å²) in [6, 6.07) is 0.391. The summed E-state index contributed by atoms with van der Waals surface area (Å²) >= 11 is 0. The first-order valence-corrected chi connectivity index (χ1v) is 6.33. The number of aryl methyl sites for hydroxylation is 1. The summed E-state index contributed by atoms with van der Waals surface area (Å²) in [5.41, 5.74) is 7.15. The second kappa shape index (κ2) is 4.53. The molecule has 18 heavy (non-hydrogen) atoms. The van der Waals surface area contributed by atoms with Crippen LogP contribution in [0.15, 0.2) is 10.9 Å². The lowest BCUT2D eigenvalue weighted by molar-refractivity contribution is 0.442.